The van der Waals surface area contributed by atoms with Crippen LogP contribution in [0.3, 0.4) is 0 Å². The third kappa shape index (κ3) is 4.05. The molecule has 0 spiro atoms. The Hall–Kier alpha value is -3.78. The fourth-order valence-electron chi connectivity index (χ4n) is 4.31. The quantitative estimate of drug-likeness (QED) is 0.439. The van der Waals surface area contributed by atoms with Gasteiger partial charge in [0.05, 0.1) is 36.5 Å². The summed E-state index contributed by atoms with van der Waals surface area (Å²) in [6, 6.07) is 15.8. The molecule has 0 bridgehead atoms. The summed E-state index contributed by atoms with van der Waals surface area (Å²) in [7, 11) is 1.85. The van der Waals surface area contributed by atoms with Crippen LogP contribution in [-0.4, -0.2) is 42.5 Å². The first-order valence-electron chi connectivity index (χ1n) is 11.0. The molecule has 2 heterocycles. The lowest BCUT2D eigenvalue weighted by atomic mass is 10.0. The number of hydrogen-bond donors (Lipinski definition) is 1. The van der Waals surface area contributed by atoms with E-state index in [9.17, 15) is 9.90 Å². The van der Waals surface area contributed by atoms with Crippen LogP contribution in [0.4, 0.5) is 0 Å². The van der Waals surface area contributed by atoms with Crippen molar-refractivity contribution in [3.8, 4) is 16.8 Å². The Morgan fingerprint density at radius 2 is 1.94 bits per heavy atom. The lowest BCUT2D eigenvalue weighted by molar-refractivity contribution is 0.0525. The number of rotatable bonds is 7. The molecule has 33 heavy (non-hydrogen) atoms. The maximum Gasteiger partial charge on any atom is 0.341 e. The number of aryl methyl sites for hydroxylation is 1. The zero-order chi connectivity index (χ0) is 22.9. The lowest BCUT2D eigenvalue weighted by Gasteiger charge is -2.11. The van der Waals surface area contributed by atoms with Gasteiger partial charge < -0.3 is 9.84 Å². The molecule has 1 fully saturated rings. The van der Waals surface area contributed by atoms with Gasteiger partial charge in [-0.3, -0.25) is 4.68 Å². The SMILES string of the molecule is CCOC(=O)c1cnn(-c2cccc(-c3cccc(CO)c3)c2)c1[C@H]1C[C@@H]1c1cn(C)nn1. The summed E-state index contributed by atoms with van der Waals surface area (Å²) in [5, 5.41) is 22.4. The van der Waals surface area contributed by atoms with Gasteiger partial charge >= 0.3 is 5.97 Å². The number of nitrogens with zero attached hydrogens (tertiary/aromatic N) is 5. The second-order valence-corrected chi connectivity index (χ2v) is 8.25. The molecule has 8 nitrogen and oxygen atoms in total. The van der Waals surface area contributed by atoms with Crippen molar-refractivity contribution in [2.24, 2.45) is 7.05 Å². The van der Waals surface area contributed by atoms with Crippen LogP contribution in [0.1, 0.15) is 52.5 Å². The van der Waals surface area contributed by atoms with E-state index in [1.807, 2.05) is 66.5 Å². The molecule has 0 unspecified atom stereocenters. The van der Waals surface area contributed by atoms with Crippen molar-refractivity contribution in [3.05, 3.63) is 83.4 Å². The standard InChI is InChI=1S/C25H25N5O3/c1-3-33-25(32)22-13-26-30(24(22)21-12-20(21)23-14-29(2)28-27-23)19-9-5-8-18(11-19)17-7-4-6-16(10-17)15-31/h4-11,13-14,20-21,31H,3,12,15H2,1-2H3/t20-,21-/m0/s1. The van der Waals surface area contributed by atoms with Crippen LogP contribution in [0.15, 0.2) is 60.9 Å². The number of ether oxygens (including phenoxy) is 1. The van der Waals surface area contributed by atoms with Crippen molar-refractivity contribution >= 4 is 5.97 Å². The van der Waals surface area contributed by atoms with Gasteiger partial charge in [-0.25, -0.2) is 9.48 Å². The number of esters is 1. The highest BCUT2D eigenvalue weighted by atomic mass is 16.5. The molecule has 0 aliphatic heterocycles. The van der Waals surface area contributed by atoms with Crippen molar-refractivity contribution in [2.45, 2.75) is 31.8 Å². The fourth-order valence-corrected chi connectivity index (χ4v) is 4.31. The monoisotopic (exact) mass is 443 g/mol. The highest BCUT2D eigenvalue weighted by molar-refractivity contribution is 5.91. The maximum atomic E-state index is 12.7. The summed E-state index contributed by atoms with van der Waals surface area (Å²) >= 11 is 0. The summed E-state index contributed by atoms with van der Waals surface area (Å²) in [5.41, 5.74) is 5.96. The summed E-state index contributed by atoms with van der Waals surface area (Å²) in [4.78, 5) is 12.7. The fraction of sp³-hybridized carbons (Fsp3) is 0.280. The Labute approximate surface area is 191 Å². The van der Waals surface area contributed by atoms with Crippen molar-refractivity contribution in [3.63, 3.8) is 0 Å². The average Bonchev–Trinajstić information content (AvgIpc) is 3.29. The zero-order valence-electron chi connectivity index (χ0n) is 18.5. The number of aliphatic hydroxyl groups is 1. The van der Waals surface area contributed by atoms with Crippen LogP contribution in [0.25, 0.3) is 16.8 Å². The molecule has 1 saturated carbocycles. The Morgan fingerprint density at radius 3 is 2.67 bits per heavy atom. The third-order valence-electron chi connectivity index (χ3n) is 5.98. The maximum absolute atomic E-state index is 12.7. The zero-order valence-corrected chi connectivity index (χ0v) is 18.5. The van der Waals surface area contributed by atoms with Gasteiger partial charge in [0.15, 0.2) is 0 Å². The van der Waals surface area contributed by atoms with Crippen molar-refractivity contribution in [2.75, 3.05) is 6.61 Å². The molecular formula is C25H25N5O3. The molecule has 1 aliphatic rings. The number of aromatic nitrogens is 5. The van der Waals surface area contributed by atoms with Crippen LogP contribution < -0.4 is 0 Å². The lowest BCUT2D eigenvalue weighted by Crippen LogP contribution is -2.09. The van der Waals surface area contributed by atoms with E-state index < -0.39 is 0 Å². The smallest absolute Gasteiger partial charge is 0.341 e. The van der Waals surface area contributed by atoms with E-state index in [0.29, 0.717) is 12.2 Å². The molecule has 168 valence electrons. The summed E-state index contributed by atoms with van der Waals surface area (Å²) in [6.07, 6.45) is 4.39. The van der Waals surface area contributed by atoms with Gasteiger partial charge in [-0.15, -0.1) is 5.10 Å². The van der Waals surface area contributed by atoms with Gasteiger partial charge in [-0.1, -0.05) is 35.5 Å². The molecule has 1 aliphatic carbocycles. The molecule has 0 amide bonds. The summed E-state index contributed by atoms with van der Waals surface area (Å²) < 4.78 is 8.84. The topological polar surface area (TPSA) is 95.1 Å². The molecular weight excluding hydrogens is 418 g/mol. The second kappa shape index (κ2) is 8.63. The van der Waals surface area contributed by atoms with Gasteiger partial charge in [0, 0.05) is 25.1 Å². The number of carbonyl (C=O) groups excluding carboxylic acids is 1. The van der Waals surface area contributed by atoms with Crippen LogP contribution >= 0.6 is 0 Å². The highest BCUT2D eigenvalue weighted by Gasteiger charge is 2.46. The van der Waals surface area contributed by atoms with E-state index >= 15 is 0 Å². The molecule has 4 aromatic rings. The summed E-state index contributed by atoms with van der Waals surface area (Å²) in [5.74, 6) is -0.0768. The molecule has 2 aromatic heterocycles. The first-order chi connectivity index (χ1) is 16.1. The Kier molecular flexibility index (Phi) is 5.51. The highest BCUT2D eigenvalue weighted by Crippen LogP contribution is 2.55. The molecule has 5 rings (SSSR count). The normalized spacial score (nSPS) is 17.2. The van der Waals surface area contributed by atoms with Crippen molar-refractivity contribution in [1.29, 1.82) is 0 Å². The first kappa shape index (κ1) is 21.1. The van der Waals surface area contributed by atoms with E-state index in [1.54, 1.807) is 17.8 Å². The minimum atomic E-state index is -0.365. The van der Waals surface area contributed by atoms with Gasteiger partial charge in [0.1, 0.15) is 5.56 Å². The minimum absolute atomic E-state index is 0.00875. The number of carbonyl (C=O) groups is 1. The predicted molar refractivity (Wildman–Crippen MR) is 122 cm³/mol. The predicted octanol–water partition coefficient (Wildman–Crippen LogP) is 3.61. The van der Waals surface area contributed by atoms with Crippen LogP contribution in [0.2, 0.25) is 0 Å². The van der Waals surface area contributed by atoms with E-state index in [-0.39, 0.29) is 24.4 Å². The second-order valence-electron chi connectivity index (χ2n) is 8.25. The molecule has 0 saturated heterocycles. The Morgan fingerprint density at radius 1 is 1.15 bits per heavy atom. The summed E-state index contributed by atoms with van der Waals surface area (Å²) in [6.45, 7) is 2.09. The molecule has 2 atom stereocenters. The van der Waals surface area contributed by atoms with Gasteiger partial charge in [0.25, 0.3) is 0 Å². The molecule has 2 aromatic carbocycles. The molecule has 0 radical (unpaired) electrons. The molecule has 8 heteroatoms. The first-order valence-corrected chi connectivity index (χ1v) is 11.0. The van der Waals surface area contributed by atoms with Crippen LogP contribution in [0, 0.1) is 0 Å². The minimum Gasteiger partial charge on any atom is -0.462 e. The largest absolute Gasteiger partial charge is 0.462 e. The Balaban J connectivity index is 1.55. The number of aliphatic hydroxyl groups excluding tert-OH is 1. The van der Waals surface area contributed by atoms with Gasteiger partial charge in [-0.05, 0) is 48.2 Å². The van der Waals surface area contributed by atoms with Gasteiger partial charge in [-0.2, -0.15) is 5.10 Å². The Bertz CT molecular complexity index is 1310. The van der Waals surface area contributed by atoms with Crippen molar-refractivity contribution in [1.82, 2.24) is 24.8 Å². The van der Waals surface area contributed by atoms with Crippen LogP contribution in [-0.2, 0) is 18.4 Å². The van der Waals surface area contributed by atoms with Crippen LogP contribution in [0.5, 0.6) is 0 Å². The van der Waals surface area contributed by atoms with Crippen molar-refractivity contribution < 1.29 is 14.6 Å². The van der Waals surface area contributed by atoms with E-state index in [0.717, 1.165) is 40.2 Å². The number of benzene rings is 2. The molecule has 1 N–H and O–H groups in total. The van der Waals surface area contributed by atoms with E-state index in [1.165, 1.54) is 0 Å². The number of hydrogen-bond acceptors (Lipinski definition) is 6. The average molecular weight is 444 g/mol. The third-order valence-corrected chi connectivity index (χ3v) is 5.98. The van der Waals surface area contributed by atoms with Gasteiger partial charge in [0.2, 0.25) is 0 Å². The van der Waals surface area contributed by atoms with E-state index in [4.69, 9.17) is 4.74 Å². The van der Waals surface area contributed by atoms with E-state index in [2.05, 4.69) is 15.4 Å².